The molecule has 0 aliphatic heterocycles. The van der Waals surface area contributed by atoms with Crippen LogP contribution in [0.4, 0.5) is 5.69 Å². The monoisotopic (exact) mass is 323 g/mol. The Morgan fingerprint density at radius 2 is 1.67 bits per heavy atom. The summed E-state index contributed by atoms with van der Waals surface area (Å²) in [6.07, 6.45) is 0. The topological polar surface area (TPSA) is 55.4 Å². The highest BCUT2D eigenvalue weighted by Crippen LogP contribution is 2.23. The van der Waals surface area contributed by atoms with Crippen LogP contribution in [0.25, 0.3) is 0 Å². The maximum Gasteiger partial charge on any atom is 0.339 e. The fraction of sp³-hybridized carbons (Fsp3) is 0.0667. The minimum atomic E-state index is -0.575. The highest BCUT2D eigenvalue weighted by atomic mass is 35.5. The Balaban J connectivity index is 2.26. The minimum absolute atomic E-state index is 0.177. The molecule has 2 rings (SSSR count). The second-order valence-electron chi connectivity index (χ2n) is 4.12. The molecule has 1 N–H and O–H groups in total. The maximum absolute atomic E-state index is 12.1. The zero-order valence-corrected chi connectivity index (χ0v) is 12.5. The van der Waals surface area contributed by atoms with Gasteiger partial charge >= 0.3 is 5.97 Å². The number of benzene rings is 2. The Bertz CT molecular complexity index is 701. The molecule has 0 atom stereocenters. The van der Waals surface area contributed by atoms with Gasteiger partial charge in [-0.1, -0.05) is 35.3 Å². The fourth-order valence-electron chi connectivity index (χ4n) is 1.71. The molecular weight excluding hydrogens is 313 g/mol. The largest absolute Gasteiger partial charge is 0.465 e. The van der Waals surface area contributed by atoms with E-state index in [4.69, 9.17) is 23.2 Å². The number of nitrogens with one attached hydrogen (secondary N) is 1. The Morgan fingerprint density at radius 3 is 2.33 bits per heavy atom. The number of hydrogen-bond donors (Lipinski definition) is 1. The van der Waals surface area contributed by atoms with Gasteiger partial charge in [0.05, 0.1) is 28.3 Å². The molecule has 0 saturated heterocycles. The summed E-state index contributed by atoms with van der Waals surface area (Å²) in [6, 6.07) is 11.2. The summed E-state index contributed by atoms with van der Waals surface area (Å²) in [6.45, 7) is 0. The van der Waals surface area contributed by atoms with Crippen molar-refractivity contribution in [1.82, 2.24) is 0 Å². The van der Waals surface area contributed by atoms with E-state index in [1.54, 1.807) is 30.3 Å². The average Bonchev–Trinajstić information content (AvgIpc) is 2.48. The van der Waals surface area contributed by atoms with Gasteiger partial charge in [0.15, 0.2) is 0 Å². The Kier molecular flexibility index (Phi) is 4.83. The predicted octanol–water partition coefficient (Wildman–Crippen LogP) is 4.03. The van der Waals surface area contributed by atoms with Crippen LogP contribution in [0.2, 0.25) is 10.0 Å². The van der Waals surface area contributed by atoms with Crippen molar-refractivity contribution in [3.63, 3.8) is 0 Å². The van der Waals surface area contributed by atoms with Gasteiger partial charge < -0.3 is 10.1 Å². The van der Waals surface area contributed by atoms with Crippen molar-refractivity contribution in [3.8, 4) is 0 Å². The first-order chi connectivity index (χ1) is 10.0. The summed E-state index contributed by atoms with van der Waals surface area (Å²) in [7, 11) is 1.26. The predicted molar refractivity (Wildman–Crippen MR) is 82.2 cm³/mol. The minimum Gasteiger partial charge on any atom is -0.465 e. The lowest BCUT2D eigenvalue weighted by Crippen LogP contribution is -2.13. The number of rotatable bonds is 3. The standard InChI is InChI=1S/C15H11Cl2NO3/c1-21-15(20)11-8-9(6-7-13(11)17)18-14(19)10-4-2-3-5-12(10)16/h2-8H,1H3,(H,18,19). The maximum atomic E-state index is 12.1. The molecule has 21 heavy (non-hydrogen) atoms. The van der Waals surface area contributed by atoms with E-state index in [0.29, 0.717) is 16.3 Å². The van der Waals surface area contributed by atoms with Crippen LogP contribution in [0.1, 0.15) is 20.7 Å². The summed E-state index contributed by atoms with van der Waals surface area (Å²) in [5.41, 5.74) is 0.939. The molecular formula is C15H11Cl2NO3. The number of amides is 1. The molecule has 0 heterocycles. The van der Waals surface area contributed by atoms with Crippen LogP contribution < -0.4 is 5.32 Å². The van der Waals surface area contributed by atoms with Crippen LogP contribution in [-0.2, 0) is 4.74 Å². The van der Waals surface area contributed by atoms with Crippen LogP contribution in [-0.4, -0.2) is 19.0 Å². The molecule has 2 aromatic rings. The van der Waals surface area contributed by atoms with Crippen molar-refractivity contribution in [1.29, 1.82) is 0 Å². The molecule has 0 unspecified atom stereocenters. The van der Waals surface area contributed by atoms with Crippen LogP contribution in [0.15, 0.2) is 42.5 Å². The normalized spacial score (nSPS) is 10.0. The smallest absolute Gasteiger partial charge is 0.339 e. The lowest BCUT2D eigenvalue weighted by molar-refractivity contribution is 0.0600. The second-order valence-corrected chi connectivity index (χ2v) is 4.93. The third-order valence-corrected chi connectivity index (χ3v) is 3.41. The number of ether oxygens (including phenoxy) is 1. The first-order valence-electron chi connectivity index (χ1n) is 5.96. The van der Waals surface area contributed by atoms with Crippen molar-refractivity contribution in [2.75, 3.05) is 12.4 Å². The SMILES string of the molecule is COC(=O)c1cc(NC(=O)c2ccccc2Cl)ccc1Cl. The molecule has 6 heteroatoms. The van der Waals surface area contributed by atoms with E-state index in [0.717, 1.165) is 0 Å². The highest BCUT2D eigenvalue weighted by Gasteiger charge is 2.14. The summed E-state index contributed by atoms with van der Waals surface area (Å²) >= 11 is 11.9. The van der Waals surface area contributed by atoms with E-state index < -0.39 is 5.97 Å². The van der Waals surface area contributed by atoms with Gasteiger partial charge in [0.2, 0.25) is 0 Å². The van der Waals surface area contributed by atoms with E-state index in [1.807, 2.05) is 0 Å². The van der Waals surface area contributed by atoms with Crippen molar-refractivity contribution in [2.24, 2.45) is 0 Å². The van der Waals surface area contributed by atoms with Gasteiger partial charge in [-0.15, -0.1) is 0 Å². The molecule has 0 saturated carbocycles. The zero-order chi connectivity index (χ0) is 15.4. The van der Waals surface area contributed by atoms with E-state index in [-0.39, 0.29) is 16.5 Å². The van der Waals surface area contributed by atoms with Crippen LogP contribution >= 0.6 is 23.2 Å². The molecule has 0 aromatic heterocycles. The fourth-order valence-corrected chi connectivity index (χ4v) is 2.13. The third kappa shape index (κ3) is 3.54. The lowest BCUT2D eigenvalue weighted by Gasteiger charge is -2.09. The van der Waals surface area contributed by atoms with Crippen LogP contribution in [0, 0.1) is 0 Å². The van der Waals surface area contributed by atoms with Crippen molar-refractivity contribution in [3.05, 3.63) is 63.6 Å². The number of methoxy groups -OCH3 is 1. The number of carbonyl (C=O) groups is 2. The Morgan fingerprint density at radius 1 is 1.00 bits per heavy atom. The molecule has 0 radical (unpaired) electrons. The van der Waals surface area contributed by atoms with Gasteiger partial charge in [-0.05, 0) is 30.3 Å². The molecule has 2 aromatic carbocycles. The molecule has 0 spiro atoms. The highest BCUT2D eigenvalue weighted by molar-refractivity contribution is 6.35. The molecule has 108 valence electrons. The average molecular weight is 324 g/mol. The van der Waals surface area contributed by atoms with E-state index in [9.17, 15) is 9.59 Å². The summed E-state index contributed by atoms with van der Waals surface area (Å²) < 4.78 is 4.62. The lowest BCUT2D eigenvalue weighted by atomic mass is 10.1. The number of hydrogen-bond acceptors (Lipinski definition) is 3. The summed E-state index contributed by atoms with van der Waals surface area (Å²) in [4.78, 5) is 23.7. The Labute approximate surface area is 131 Å². The van der Waals surface area contributed by atoms with E-state index >= 15 is 0 Å². The number of anilines is 1. The van der Waals surface area contributed by atoms with Gasteiger partial charge in [0.25, 0.3) is 5.91 Å². The number of carbonyl (C=O) groups excluding carboxylic acids is 2. The second kappa shape index (κ2) is 6.61. The third-order valence-electron chi connectivity index (χ3n) is 2.75. The van der Waals surface area contributed by atoms with Crippen molar-refractivity contribution in [2.45, 2.75) is 0 Å². The van der Waals surface area contributed by atoms with Crippen molar-refractivity contribution < 1.29 is 14.3 Å². The number of esters is 1. The zero-order valence-electron chi connectivity index (χ0n) is 11.0. The van der Waals surface area contributed by atoms with Gasteiger partial charge in [0.1, 0.15) is 0 Å². The quantitative estimate of drug-likeness (QED) is 0.867. The Hall–Kier alpha value is -2.04. The molecule has 1 amide bonds. The van der Waals surface area contributed by atoms with Gasteiger partial charge in [-0.3, -0.25) is 4.79 Å². The van der Waals surface area contributed by atoms with Gasteiger partial charge in [0, 0.05) is 5.69 Å². The summed E-state index contributed by atoms with van der Waals surface area (Å²) in [5.74, 6) is -0.951. The summed E-state index contributed by atoms with van der Waals surface area (Å²) in [5, 5.41) is 3.25. The van der Waals surface area contributed by atoms with Crippen LogP contribution in [0.5, 0.6) is 0 Å². The van der Waals surface area contributed by atoms with Gasteiger partial charge in [-0.25, -0.2) is 4.79 Å². The van der Waals surface area contributed by atoms with E-state index in [1.165, 1.54) is 19.2 Å². The molecule has 0 bridgehead atoms. The van der Waals surface area contributed by atoms with E-state index in [2.05, 4.69) is 10.1 Å². The molecule has 0 aliphatic rings. The molecule has 0 aliphatic carbocycles. The van der Waals surface area contributed by atoms with Gasteiger partial charge in [-0.2, -0.15) is 0 Å². The first-order valence-corrected chi connectivity index (χ1v) is 6.72. The molecule has 4 nitrogen and oxygen atoms in total. The van der Waals surface area contributed by atoms with Crippen LogP contribution in [0.3, 0.4) is 0 Å². The van der Waals surface area contributed by atoms with Crippen molar-refractivity contribution >= 4 is 40.8 Å². The molecule has 0 fully saturated rings. The first kappa shape index (κ1) is 15.4. The number of halogens is 2.